The summed E-state index contributed by atoms with van der Waals surface area (Å²) in [5.41, 5.74) is 0.637. The zero-order valence-electron chi connectivity index (χ0n) is 17.9. The van der Waals surface area contributed by atoms with Gasteiger partial charge in [0.25, 0.3) is 5.56 Å². The summed E-state index contributed by atoms with van der Waals surface area (Å²) in [5.74, 6) is -0.149. The largest absolute Gasteiger partial charge is 0.497 e. The van der Waals surface area contributed by atoms with Crippen molar-refractivity contribution in [3.05, 3.63) is 98.3 Å². The van der Waals surface area contributed by atoms with Crippen molar-refractivity contribution in [2.45, 2.75) is 13.5 Å². The molecule has 162 valence electrons. The molecule has 0 fully saturated rings. The van der Waals surface area contributed by atoms with Gasteiger partial charge in [0.15, 0.2) is 5.65 Å². The smallest absolute Gasteiger partial charge is 0.338 e. The van der Waals surface area contributed by atoms with E-state index in [2.05, 4.69) is 4.98 Å². The molecule has 0 bridgehead atoms. The summed E-state index contributed by atoms with van der Waals surface area (Å²) in [6.07, 6.45) is 0. The first-order chi connectivity index (χ1) is 15.4. The molecule has 0 aliphatic heterocycles. The molecule has 0 saturated heterocycles. The van der Waals surface area contributed by atoms with E-state index in [-0.39, 0.29) is 23.1 Å². The highest BCUT2D eigenvalue weighted by molar-refractivity contribution is 6.02. The number of pyridine rings is 1. The number of carbonyl (C=O) groups excluding carboxylic acids is 1. The molecule has 0 atom stereocenters. The van der Waals surface area contributed by atoms with Crippen molar-refractivity contribution in [2.75, 3.05) is 14.2 Å². The van der Waals surface area contributed by atoms with Crippen LogP contribution in [0.25, 0.3) is 16.7 Å². The molecule has 0 aliphatic carbocycles. The molecule has 0 N–H and O–H groups in total. The number of fused-ring (bicyclic) bond motifs is 1. The van der Waals surface area contributed by atoms with Crippen LogP contribution in [-0.2, 0) is 11.3 Å². The molecule has 2 aromatic heterocycles. The van der Waals surface area contributed by atoms with Crippen molar-refractivity contribution in [3.8, 4) is 11.4 Å². The third-order valence-electron chi connectivity index (χ3n) is 5.12. The van der Waals surface area contributed by atoms with Gasteiger partial charge in [-0.3, -0.25) is 9.36 Å². The Labute approximate surface area is 183 Å². The summed E-state index contributed by atoms with van der Waals surface area (Å²) in [6, 6.07) is 17.5. The molecule has 0 amide bonds. The predicted molar refractivity (Wildman–Crippen MR) is 120 cm³/mol. The second-order valence-corrected chi connectivity index (χ2v) is 7.20. The van der Waals surface area contributed by atoms with E-state index in [9.17, 15) is 14.4 Å². The van der Waals surface area contributed by atoms with Crippen molar-refractivity contribution in [1.82, 2.24) is 14.1 Å². The summed E-state index contributed by atoms with van der Waals surface area (Å²) in [7, 11) is 2.76. The van der Waals surface area contributed by atoms with Crippen molar-refractivity contribution < 1.29 is 14.3 Å². The van der Waals surface area contributed by atoms with E-state index in [1.54, 1.807) is 31.2 Å². The summed E-state index contributed by atoms with van der Waals surface area (Å²) < 4.78 is 12.6. The van der Waals surface area contributed by atoms with Gasteiger partial charge in [-0.1, -0.05) is 36.4 Å². The molecule has 8 nitrogen and oxygen atoms in total. The van der Waals surface area contributed by atoms with Crippen molar-refractivity contribution in [3.63, 3.8) is 0 Å². The molecule has 0 radical (unpaired) electrons. The van der Waals surface area contributed by atoms with Gasteiger partial charge in [0.2, 0.25) is 0 Å². The van der Waals surface area contributed by atoms with Crippen molar-refractivity contribution in [1.29, 1.82) is 0 Å². The van der Waals surface area contributed by atoms with E-state index in [1.165, 1.54) is 24.9 Å². The summed E-state index contributed by atoms with van der Waals surface area (Å²) in [4.78, 5) is 44.1. The minimum absolute atomic E-state index is 0.0146. The number of ether oxygens (including phenoxy) is 2. The van der Waals surface area contributed by atoms with E-state index >= 15 is 0 Å². The molecule has 0 aliphatic rings. The average Bonchev–Trinajstić information content (AvgIpc) is 2.81. The monoisotopic (exact) mass is 431 g/mol. The third kappa shape index (κ3) is 3.66. The number of aryl methyl sites for hydroxylation is 1. The Bertz CT molecular complexity index is 1440. The van der Waals surface area contributed by atoms with Crippen LogP contribution in [0.1, 0.15) is 21.6 Å². The molecule has 4 rings (SSSR count). The number of rotatable bonds is 5. The first-order valence-corrected chi connectivity index (χ1v) is 9.88. The Morgan fingerprint density at radius 2 is 1.75 bits per heavy atom. The van der Waals surface area contributed by atoms with Gasteiger partial charge in [-0.05, 0) is 30.7 Å². The topological polar surface area (TPSA) is 92.4 Å². The van der Waals surface area contributed by atoms with Crippen LogP contribution in [0.3, 0.4) is 0 Å². The molecule has 0 saturated carbocycles. The maximum atomic E-state index is 13.6. The number of esters is 1. The van der Waals surface area contributed by atoms with Crippen LogP contribution in [0, 0.1) is 6.92 Å². The lowest BCUT2D eigenvalue weighted by Gasteiger charge is -2.16. The lowest BCUT2D eigenvalue weighted by Crippen LogP contribution is -2.40. The summed E-state index contributed by atoms with van der Waals surface area (Å²) in [6.45, 7) is 1.72. The summed E-state index contributed by atoms with van der Waals surface area (Å²) >= 11 is 0. The number of methoxy groups -OCH3 is 2. The van der Waals surface area contributed by atoms with Crippen LogP contribution in [0.15, 0.2) is 70.3 Å². The Morgan fingerprint density at radius 1 is 1.00 bits per heavy atom. The predicted octanol–water partition coefficient (Wildman–Crippen LogP) is 2.70. The fourth-order valence-electron chi connectivity index (χ4n) is 3.62. The number of benzene rings is 2. The molecule has 4 aromatic rings. The summed E-state index contributed by atoms with van der Waals surface area (Å²) in [5, 5.41) is 0.0146. The number of hydrogen-bond acceptors (Lipinski definition) is 6. The van der Waals surface area contributed by atoms with Gasteiger partial charge in [-0.15, -0.1) is 0 Å². The van der Waals surface area contributed by atoms with Crippen LogP contribution >= 0.6 is 0 Å². The Hall–Kier alpha value is -4.20. The lowest BCUT2D eigenvalue weighted by molar-refractivity contribution is 0.0602. The van der Waals surface area contributed by atoms with E-state index in [1.807, 2.05) is 30.3 Å². The fraction of sp³-hybridized carbons (Fsp3) is 0.167. The molecular weight excluding hydrogens is 410 g/mol. The second-order valence-electron chi connectivity index (χ2n) is 7.20. The lowest BCUT2D eigenvalue weighted by atomic mass is 10.1. The van der Waals surface area contributed by atoms with Crippen LogP contribution in [0.4, 0.5) is 0 Å². The molecule has 2 aromatic carbocycles. The fourth-order valence-corrected chi connectivity index (χ4v) is 3.62. The molecule has 32 heavy (non-hydrogen) atoms. The van der Waals surface area contributed by atoms with E-state index in [0.717, 1.165) is 10.1 Å². The molecule has 2 heterocycles. The second kappa shape index (κ2) is 8.50. The first-order valence-electron chi connectivity index (χ1n) is 9.88. The van der Waals surface area contributed by atoms with Gasteiger partial charge >= 0.3 is 11.7 Å². The molecule has 0 unspecified atom stereocenters. The van der Waals surface area contributed by atoms with Gasteiger partial charge in [-0.2, -0.15) is 0 Å². The Morgan fingerprint density at radius 3 is 2.44 bits per heavy atom. The Kier molecular flexibility index (Phi) is 5.59. The highest BCUT2D eigenvalue weighted by Crippen LogP contribution is 2.21. The number of hydrogen-bond donors (Lipinski definition) is 0. The normalized spacial score (nSPS) is 10.8. The maximum Gasteiger partial charge on any atom is 0.338 e. The maximum absolute atomic E-state index is 13.6. The van der Waals surface area contributed by atoms with Crippen LogP contribution in [0.2, 0.25) is 0 Å². The van der Waals surface area contributed by atoms with Crippen LogP contribution < -0.4 is 16.0 Å². The van der Waals surface area contributed by atoms with E-state index in [4.69, 9.17) is 9.47 Å². The van der Waals surface area contributed by atoms with E-state index < -0.39 is 17.2 Å². The van der Waals surface area contributed by atoms with Gasteiger partial charge in [0.1, 0.15) is 5.75 Å². The number of aromatic nitrogens is 3. The van der Waals surface area contributed by atoms with Crippen LogP contribution in [0.5, 0.6) is 5.75 Å². The molecule has 0 spiro atoms. The first kappa shape index (κ1) is 21.0. The SMILES string of the molecule is COC(=O)c1cc(C)nc2c1c(=O)n(Cc1ccccc1)c(=O)n2-c1cccc(OC)c1. The van der Waals surface area contributed by atoms with Crippen LogP contribution in [-0.4, -0.2) is 34.3 Å². The number of carbonyl (C=O) groups is 1. The molecular formula is C24H21N3O5. The minimum atomic E-state index is -0.681. The zero-order chi connectivity index (χ0) is 22.8. The van der Waals surface area contributed by atoms with E-state index in [0.29, 0.717) is 17.1 Å². The zero-order valence-corrected chi connectivity index (χ0v) is 17.9. The standard InChI is InChI=1S/C24H21N3O5/c1-15-12-19(23(29)32-3)20-21(25-15)27(17-10-7-11-18(13-17)31-2)24(30)26(22(20)28)14-16-8-5-4-6-9-16/h4-13H,14H2,1-3H3. The molecule has 8 heteroatoms. The third-order valence-corrected chi connectivity index (χ3v) is 5.12. The highest BCUT2D eigenvalue weighted by atomic mass is 16.5. The average molecular weight is 431 g/mol. The minimum Gasteiger partial charge on any atom is -0.497 e. The van der Waals surface area contributed by atoms with Gasteiger partial charge in [0, 0.05) is 11.8 Å². The highest BCUT2D eigenvalue weighted by Gasteiger charge is 2.23. The quantitative estimate of drug-likeness (QED) is 0.451. The van der Waals surface area contributed by atoms with Gasteiger partial charge in [-0.25, -0.2) is 19.1 Å². The van der Waals surface area contributed by atoms with Gasteiger partial charge in [0.05, 0.1) is 37.4 Å². The van der Waals surface area contributed by atoms with Crippen molar-refractivity contribution in [2.24, 2.45) is 0 Å². The van der Waals surface area contributed by atoms with Gasteiger partial charge < -0.3 is 9.47 Å². The number of nitrogens with zero attached hydrogens (tertiary/aromatic N) is 3. The van der Waals surface area contributed by atoms with Crippen molar-refractivity contribution >= 4 is 17.0 Å². The Balaban J connectivity index is 2.15.